The zero-order valence-corrected chi connectivity index (χ0v) is 16.2. The summed E-state index contributed by atoms with van der Waals surface area (Å²) in [4.78, 5) is 8.73. The molecule has 0 spiro atoms. The van der Waals surface area contributed by atoms with Gasteiger partial charge in [-0.15, -0.1) is 0 Å². The molecule has 2 N–H and O–H groups in total. The molecule has 0 saturated carbocycles. The lowest BCUT2D eigenvalue weighted by Gasteiger charge is -2.19. The molecule has 0 fully saturated rings. The highest BCUT2D eigenvalue weighted by Crippen LogP contribution is 2.19. The van der Waals surface area contributed by atoms with E-state index in [9.17, 15) is 0 Å². The van der Waals surface area contributed by atoms with Crippen LogP contribution in [0.4, 0.5) is 11.8 Å². The number of anilines is 2. The first kappa shape index (κ1) is 18.5. The molecule has 130 valence electrons. The second-order valence-electron chi connectivity index (χ2n) is 7.52. The lowest BCUT2D eigenvalue weighted by atomic mass is 9.97. The summed E-state index contributed by atoms with van der Waals surface area (Å²) in [7, 11) is 0. The van der Waals surface area contributed by atoms with Crippen LogP contribution in [0.25, 0.3) is 0 Å². The Morgan fingerprint density at radius 2 is 1.58 bits per heavy atom. The third-order valence-electron chi connectivity index (χ3n) is 3.93. The van der Waals surface area contributed by atoms with Gasteiger partial charge < -0.3 is 10.6 Å². The first-order chi connectivity index (χ1) is 11.1. The number of nitrogens with one attached hydrogen (secondary N) is 2. The third kappa shape index (κ3) is 5.38. The van der Waals surface area contributed by atoms with Crippen molar-refractivity contribution in [2.45, 2.75) is 48.1 Å². The van der Waals surface area contributed by atoms with Crippen LogP contribution in [0.15, 0.2) is 18.2 Å². The van der Waals surface area contributed by atoms with Gasteiger partial charge in [-0.05, 0) is 48.4 Å². The monoisotopic (exact) mass is 346 g/mol. The molecule has 0 aliphatic rings. The van der Waals surface area contributed by atoms with Crippen LogP contribution in [0.2, 0.25) is 5.15 Å². The van der Waals surface area contributed by atoms with Gasteiger partial charge in [0.05, 0.1) is 0 Å². The van der Waals surface area contributed by atoms with Crippen LogP contribution in [0.5, 0.6) is 0 Å². The maximum Gasteiger partial charge on any atom is 0.226 e. The van der Waals surface area contributed by atoms with Crippen LogP contribution in [-0.2, 0) is 6.54 Å². The van der Waals surface area contributed by atoms with Crippen molar-refractivity contribution in [1.29, 1.82) is 0 Å². The quantitative estimate of drug-likeness (QED) is 0.737. The Hall–Kier alpha value is -1.81. The maximum atomic E-state index is 6.12. The van der Waals surface area contributed by atoms with Gasteiger partial charge >= 0.3 is 0 Å². The summed E-state index contributed by atoms with van der Waals surface area (Å²) in [6.45, 7) is 14.4. The number of aryl methyl sites for hydroxylation is 2. The van der Waals surface area contributed by atoms with Crippen LogP contribution in [0.1, 0.15) is 43.0 Å². The molecule has 0 aliphatic heterocycles. The molecule has 2 rings (SSSR count). The molecule has 0 radical (unpaired) electrons. The molecule has 1 aromatic carbocycles. The van der Waals surface area contributed by atoms with Gasteiger partial charge in [-0.25, -0.2) is 4.98 Å². The fraction of sp³-hybridized carbons (Fsp3) is 0.474. The van der Waals surface area contributed by atoms with Crippen molar-refractivity contribution in [3.63, 3.8) is 0 Å². The summed E-state index contributed by atoms with van der Waals surface area (Å²) in [5.74, 6) is 1.28. The molecule has 0 aliphatic carbocycles. The molecule has 0 unspecified atom stereocenters. The van der Waals surface area contributed by atoms with Gasteiger partial charge in [-0.1, -0.05) is 44.5 Å². The Balaban J connectivity index is 2.08. The van der Waals surface area contributed by atoms with Gasteiger partial charge in [0, 0.05) is 19.2 Å². The summed E-state index contributed by atoms with van der Waals surface area (Å²) in [5, 5.41) is 7.01. The fourth-order valence-corrected chi connectivity index (χ4v) is 2.53. The molecular formula is C19H27ClN4. The molecule has 0 amide bonds. The van der Waals surface area contributed by atoms with E-state index in [4.69, 9.17) is 11.6 Å². The van der Waals surface area contributed by atoms with Crippen molar-refractivity contribution < 1.29 is 0 Å². The Kier molecular flexibility index (Phi) is 5.70. The van der Waals surface area contributed by atoms with E-state index in [1.165, 1.54) is 22.3 Å². The molecule has 0 atom stereocenters. The van der Waals surface area contributed by atoms with Crippen LogP contribution in [-0.4, -0.2) is 16.5 Å². The second-order valence-corrected chi connectivity index (χ2v) is 7.91. The molecule has 5 heteroatoms. The first-order valence-corrected chi connectivity index (χ1v) is 8.61. The van der Waals surface area contributed by atoms with Crippen molar-refractivity contribution in [2.24, 2.45) is 5.41 Å². The number of halogens is 1. The van der Waals surface area contributed by atoms with E-state index in [0.717, 1.165) is 12.4 Å². The Bertz CT molecular complexity index is 697. The standard InChI is InChI=1S/C19H27ClN4/c1-12-7-15(8-13(2)14(12)3)10-21-17-9-16(20)23-18(24-17)22-11-19(4,5)6/h7-9H,10-11H2,1-6H3,(H2,21,22,23,24). The van der Waals surface area contributed by atoms with E-state index < -0.39 is 0 Å². The number of nitrogens with zero attached hydrogens (tertiary/aromatic N) is 2. The Morgan fingerprint density at radius 1 is 0.958 bits per heavy atom. The Morgan fingerprint density at radius 3 is 2.17 bits per heavy atom. The first-order valence-electron chi connectivity index (χ1n) is 8.23. The molecule has 2 aromatic rings. The average molecular weight is 347 g/mol. The van der Waals surface area contributed by atoms with Gasteiger partial charge in [0.2, 0.25) is 5.95 Å². The van der Waals surface area contributed by atoms with Crippen LogP contribution in [0.3, 0.4) is 0 Å². The lowest BCUT2D eigenvalue weighted by molar-refractivity contribution is 0.442. The minimum atomic E-state index is 0.149. The Labute approximate surface area is 150 Å². The molecule has 1 heterocycles. The summed E-state index contributed by atoms with van der Waals surface area (Å²) in [6.07, 6.45) is 0. The average Bonchev–Trinajstić information content (AvgIpc) is 2.47. The highest BCUT2D eigenvalue weighted by atomic mass is 35.5. The highest BCUT2D eigenvalue weighted by molar-refractivity contribution is 6.29. The van der Waals surface area contributed by atoms with Crippen molar-refractivity contribution in [2.75, 3.05) is 17.2 Å². The predicted octanol–water partition coefficient (Wildman–Crippen LogP) is 5.13. The molecule has 0 bridgehead atoms. The van der Waals surface area contributed by atoms with Crippen LogP contribution >= 0.6 is 11.6 Å². The molecule has 24 heavy (non-hydrogen) atoms. The summed E-state index contributed by atoms with van der Waals surface area (Å²) in [6, 6.07) is 6.16. The molecule has 0 saturated heterocycles. The van der Waals surface area contributed by atoms with Gasteiger partial charge in [0.25, 0.3) is 0 Å². The molecule has 4 nitrogen and oxygen atoms in total. The van der Waals surface area contributed by atoms with Crippen LogP contribution in [0, 0.1) is 26.2 Å². The van der Waals surface area contributed by atoms with Crippen molar-refractivity contribution in [3.8, 4) is 0 Å². The zero-order valence-electron chi connectivity index (χ0n) is 15.4. The number of hydrogen-bond acceptors (Lipinski definition) is 4. The SMILES string of the molecule is Cc1cc(CNc2cc(Cl)nc(NCC(C)(C)C)n2)cc(C)c1C. The van der Waals surface area contributed by atoms with E-state index in [-0.39, 0.29) is 5.41 Å². The topological polar surface area (TPSA) is 49.8 Å². The number of aromatic nitrogens is 2. The summed E-state index contributed by atoms with van der Waals surface area (Å²) >= 11 is 6.12. The largest absolute Gasteiger partial charge is 0.366 e. The maximum absolute atomic E-state index is 6.12. The van der Waals surface area contributed by atoms with Crippen molar-refractivity contribution >= 4 is 23.4 Å². The predicted molar refractivity (Wildman–Crippen MR) is 103 cm³/mol. The normalized spacial score (nSPS) is 11.5. The second kappa shape index (κ2) is 7.39. The van der Waals surface area contributed by atoms with Crippen molar-refractivity contribution in [3.05, 3.63) is 45.6 Å². The molecule has 1 aromatic heterocycles. The summed E-state index contributed by atoms with van der Waals surface area (Å²) < 4.78 is 0. The zero-order chi connectivity index (χ0) is 17.9. The van der Waals surface area contributed by atoms with Gasteiger partial charge in [-0.2, -0.15) is 4.98 Å². The van der Waals surface area contributed by atoms with Gasteiger partial charge in [0.1, 0.15) is 11.0 Å². The number of rotatable bonds is 5. The smallest absolute Gasteiger partial charge is 0.226 e. The van der Waals surface area contributed by atoms with Crippen LogP contribution < -0.4 is 10.6 Å². The molecular weight excluding hydrogens is 320 g/mol. The summed E-state index contributed by atoms with van der Waals surface area (Å²) in [5.41, 5.74) is 5.34. The van der Waals surface area contributed by atoms with E-state index in [1.54, 1.807) is 6.07 Å². The van der Waals surface area contributed by atoms with Gasteiger partial charge in [0.15, 0.2) is 0 Å². The minimum Gasteiger partial charge on any atom is -0.366 e. The lowest BCUT2D eigenvalue weighted by Crippen LogP contribution is -2.20. The fourth-order valence-electron chi connectivity index (χ4n) is 2.35. The number of benzene rings is 1. The van der Waals surface area contributed by atoms with E-state index in [1.807, 2.05) is 0 Å². The minimum absolute atomic E-state index is 0.149. The van der Waals surface area contributed by atoms with Crippen molar-refractivity contribution in [1.82, 2.24) is 9.97 Å². The van der Waals surface area contributed by atoms with Gasteiger partial charge in [-0.3, -0.25) is 0 Å². The highest BCUT2D eigenvalue weighted by Gasteiger charge is 2.11. The third-order valence-corrected chi connectivity index (χ3v) is 4.13. The van der Waals surface area contributed by atoms with E-state index in [0.29, 0.717) is 17.6 Å². The number of hydrogen-bond donors (Lipinski definition) is 2. The van der Waals surface area contributed by atoms with E-state index >= 15 is 0 Å². The van der Waals surface area contributed by atoms with E-state index in [2.05, 4.69) is 74.3 Å².